The van der Waals surface area contributed by atoms with Gasteiger partial charge in [0.15, 0.2) is 0 Å². The van der Waals surface area contributed by atoms with Crippen molar-refractivity contribution in [2.45, 2.75) is 156 Å². The number of hydrogen-bond acceptors (Lipinski definition) is 6. The van der Waals surface area contributed by atoms with Crippen LogP contribution in [-0.4, -0.2) is 46.1 Å². The van der Waals surface area contributed by atoms with Crippen LogP contribution in [0.2, 0.25) is 0 Å². The SMILES string of the molecule is CCC(C)(C)C(=O)OC1CCC2(C)C(C1)CC(O)C1C2CC(O)C2(C)C(C(C)CCC(=O)OC(C)(C)C3CC3)CCC12. The number of hydrogen-bond donors (Lipinski definition) is 2. The van der Waals surface area contributed by atoms with Crippen LogP contribution in [0.15, 0.2) is 0 Å². The molecular weight excluding hydrogens is 528 g/mol. The highest BCUT2D eigenvalue weighted by Gasteiger charge is 2.66. The maximum Gasteiger partial charge on any atom is 0.311 e. The Balaban J connectivity index is 1.25. The second kappa shape index (κ2) is 11.3. The van der Waals surface area contributed by atoms with Crippen molar-refractivity contribution in [3.63, 3.8) is 0 Å². The third-order valence-corrected chi connectivity index (χ3v) is 14.0. The minimum atomic E-state index is -0.473. The van der Waals surface area contributed by atoms with E-state index in [1.165, 1.54) is 0 Å². The summed E-state index contributed by atoms with van der Waals surface area (Å²) in [6, 6.07) is 0. The van der Waals surface area contributed by atoms with Crippen LogP contribution in [0.4, 0.5) is 0 Å². The smallest absolute Gasteiger partial charge is 0.311 e. The summed E-state index contributed by atoms with van der Waals surface area (Å²) in [5, 5.41) is 23.7. The van der Waals surface area contributed by atoms with Crippen molar-refractivity contribution < 1.29 is 29.3 Å². The van der Waals surface area contributed by atoms with Crippen molar-refractivity contribution in [2.75, 3.05) is 0 Å². The molecule has 0 radical (unpaired) electrons. The highest BCUT2D eigenvalue weighted by atomic mass is 16.6. The molecule has 11 atom stereocenters. The normalized spacial score (nSPS) is 42.6. The topological polar surface area (TPSA) is 93.1 Å². The zero-order valence-electron chi connectivity index (χ0n) is 27.8. The van der Waals surface area contributed by atoms with Crippen LogP contribution in [-0.2, 0) is 19.1 Å². The molecule has 5 rings (SSSR count). The molecule has 42 heavy (non-hydrogen) atoms. The summed E-state index contributed by atoms with van der Waals surface area (Å²) in [5.41, 5.74) is -1.05. The molecule has 2 N–H and O–H groups in total. The minimum absolute atomic E-state index is 0.0389. The first-order chi connectivity index (χ1) is 19.5. The summed E-state index contributed by atoms with van der Waals surface area (Å²) in [5.74, 6) is 1.99. The van der Waals surface area contributed by atoms with E-state index < -0.39 is 11.5 Å². The Morgan fingerprint density at radius 2 is 1.64 bits per heavy atom. The molecule has 0 aromatic heterocycles. The summed E-state index contributed by atoms with van der Waals surface area (Å²) in [7, 11) is 0. The first kappa shape index (κ1) is 32.3. The van der Waals surface area contributed by atoms with E-state index in [-0.39, 0.29) is 58.3 Å². The molecule has 11 unspecified atom stereocenters. The third-order valence-electron chi connectivity index (χ3n) is 14.0. The van der Waals surface area contributed by atoms with E-state index in [1.54, 1.807) is 0 Å². The van der Waals surface area contributed by atoms with Gasteiger partial charge in [-0.25, -0.2) is 0 Å². The minimum Gasteiger partial charge on any atom is -0.462 e. The molecule has 5 fully saturated rings. The molecule has 0 spiro atoms. The predicted octanol–water partition coefficient (Wildman–Crippen LogP) is 7.08. The molecule has 0 amide bonds. The monoisotopic (exact) mass is 588 g/mol. The standard InChI is InChI=1S/C36H60O6/c1-9-33(3,4)32(40)41-24-16-17-35(7)23(18-24)19-28(37)31-26-14-13-25(36(26,8)29(38)20-27(31)35)21(2)10-15-30(39)42-34(5,6)22-11-12-22/h21-29,31,37-38H,9-20H2,1-8H3. The summed E-state index contributed by atoms with van der Waals surface area (Å²) >= 11 is 0. The lowest BCUT2D eigenvalue weighted by atomic mass is 9.43. The van der Waals surface area contributed by atoms with E-state index in [1.807, 2.05) is 34.6 Å². The van der Waals surface area contributed by atoms with Crippen LogP contribution in [0, 0.1) is 57.7 Å². The van der Waals surface area contributed by atoms with E-state index in [4.69, 9.17) is 9.47 Å². The van der Waals surface area contributed by atoms with Gasteiger partial charge in [0.1, 0.15) is 11.7 Å². The second-order valence-electron chi connectivity index (χ2n) is 17.0. The first-order valence-corrected chi connectivity index (χ1v) is 17.3. The lowest BCUT2D eigenvalue weighted by Gasteiger charge is -2.63. The van der Waals surface area contributed by atoms with Crippen LogP contribution < -0.4 is 0 Å². The number of aliphatic hydroxyl groups is 2. The van der Waals surface area contributed by atoms with E-state index in [0.29, 0.717) is 30.1 Å². The van der Waals surface area contributed by atoms with Crippen LogP contribution >= 0.6 is 0 Å². The fraction of sp³-hybridized carbons (Fsp3) is 0.944. The Kier molecular flexibility index (Phi) is 8.71. The molecule has 0 bridgehead atoms. The van der Waals surface area contributed by atoms with Gasteiger partial charge in [-0.2, -0.15) is 0 Å². The lowest BCUT2D eigenvalue weighted by molar-refractivity contribution is -0.210. The fourth-order valence-corrected chi connectivity index (χ4v) is 10.4. The molecule has 0 aromatic carbocycles. The number of rotatable bonds is 9. The third kappa shape index (κ3) is 5.59. The Labute approximate surface area is 255 Å². The van der Waals surface area contributed by atoms with Crippen molar-refractivity contribution in [3.05, 3.63) is 0 Å². The number of ether oxygens (including phenoxy) is 2. The highest BCUT2D eigenvalue weighted by molar-refractivity contribution is 5.76. The molecule has 6 heteroatoms. The lowest BCUT2D eigenvalue weighted by Crippen LogP contribution is -2.62. The van der Waals surface area contributed by atoms with Crippen LogP contribution in [0.1, 0.15) is 132 Å². The Hall–Kier alpha value is -1.14. The number of aliphatic hydroxyl groups excluding tert-OH is 2. The van der Waals surface area contributed by atoms with Crippen LogP contribution in [0.5, 0.6) is 0 Å². The van der Waals surface area contributed by atoms with E-state index in [9.17, 15) is 19.8 Å². The van der Waals surface area contributed by atoms with Crippen LogP contribution in [0.3, 0.4) is 0 Å². The van der Waals surface area contributed by atoms with Gasteiger partial charge in [0, 0.05) is 6.42 Å². The summed E-state index contributed by atoms with van der Waals surface area (Å²) in [6.45, 7) is 16.9. The van der Waals surface area contributed by atoms with Gasteiger partial charge in [0.2, 0.25) is 0 Å². The average molecular weight is 589 g/mol. The van der Waals surface area contributed by atoms with Gasteiger partial charge in [-0.1, -0.05) is 27.7 Å². The van der Waals surface area contributed by atoms with Crippen molar-refractivity contribution in [3.8, 4) is 0 Å². The van der Waals surface area contributed by atoms with Crippen molar-refractivity contribution in [1.29, 1.82) is 0 Å². The summed E-state index contributed by atoms with van der Waals surface area (Å²) < 4.78 is 11.9. The number of esters is 2. The maximum atomic E-state index is 12.8. The van der Waals surface area contributed by atoms with E-state index >= 15 is 0 Å². The van der Waals surface area contributed by atoms with Crippen LogP contribution in [0.25, 0.3) is 0 Å². The molecule has 5 aliphatic carbocycles. The molecule has 0 saturated heterocycles. The van der Waals surface area contributed by atoms with Gasteiger partial charge in [0.05, 0.1) is 17.6 Å². The average Bonchev–Trinajstić information content (AvgIpc) is 3.72. The fourth-order valence-electron chi connectivity index (χ4n) is 10.4. The van der Waals surface area contributed by atoms with Gasteiger partial charge in [-0.3, -0.25) is 9.59 Å². The zero-order chi connectivity index (χ0) is 30.8. The van der Waals surface area contributed by atoms with Crippen molar-refractivity contribution in [2.24, 2.45) is 57.7 Å². The molecule has 6 nitrogen and oxygen atoms in total. The number of carbonyl (C=O) groups excluding carboxylic acids is 2. The molecule has 0 aliphatic heterocycles. The molecule has 0 heterocycles. The largest absolute Gasteiger partial charge is 0.462 e. The number of carbonyl (C=O) groups is 2. The van der Waals surface area contributed by atoms with Crippen molar-refractivity contribution >= 4 is 11.9 Å². The quantitative estimate of drug-likeness (QED) is 0.280. The predicted molar refractivity (Wildman–Crippen MR) is 163 cm³/mol. The van der Waals surface area contributed by atoms with Gasteiger partial charge in [0.25, 0.3) is 0 Å². The molecule has 0 aromatic rings. The molecule has 5 saturated carbocycles. The maximum absolute atomic E-state index is 12.8. The first-order valence-electron chi connectivity index (χ1n) is 17.3. The summed E-state index contributed by atoms with van der Waals surface area (Å²) in [4.78, 5) is 25.6. The zero-order valence-corrected chi connectivity index (χ0v) is 27.8. The molecular formula is C36H60O6. The van der Waals surface area contributed by atoms with Crippen molar-refractivity contribution in [1.82, 2.24) is 0 Å². The Morgan fingerprint density at radius 1 is 0.952 bits per heavy atom. The van der Waals surface area contributed by atoms with Gasteiger partial charge in [-0.05, 0) is 151 Å². The van der Waals surface area contributed by atoms with E-state index in [2.05, 4.69) is 20.8 Å². The second-order valence-corrected chi connectivity index (χ2v) is 17.0. The Morgan fingerprint density at radius 3 is 2.29 bits per heavy atom. The van der Waals surface area contributed by atoms with Gasteiger partial charge in [-0.15, -0.1) is 0 Å². The highest BCUT2D eigenvalue weighted by Crippen LogP contribution is 2.68. The molecule has 5 aliphatic rings. The van der Waals surface area contributed by atoms with Gasteiger partial charge < -0.3 is 19.7 Å². The summed E-state index contributed by atoms with van der Waals surface area (Å²) in [6.07, 6.45) is 9.60. The number of fused-ring (bicyclic) bond motifs is 5. The van der Waals surface area contributed by atoms with E-state index in [0.717, 1.165) is 70.6 Å². The molecule has 240 valence electrons. The van der Waals surface area contributed by atoms with Gasteiger partial charge >= 0.3 is 11.9 Å². The Bertz CT molecular complexity index is 1020.